The molecule has 1 aromatic rings. The highest BCUT2D eigenvalue weighted by molar-refractivity contribution is 5.97. The molecule has 0 aromatic carbocycles. The molecular weight excluding hydrogens is 240 g/mol. The number of aromatic nitrogens is 2. The topological polar surface area (TPSA) is 72.9 Å². The van der Waals surface area contributed by atoms with Crippen molar-refractivity contribution in [2.75, 3.05) is 12.3 Å². The van der Waals surface area contributed by atoms with Crippen LogP contribution >= 0.6 is 0 Å². The molecule has 5 heteroatoms. The Hall–Kier alpha value is -1.52. The van der Waals surface area contributed by atoms with Crippen LogP contribution in [0.15, 0.2) is 0 Å². The van der Waals surface area contributed by atoms with E-state index in [4.69, 9.17) is 5.73 Å². The van der Waals surface area contributed by atoms with E-state index in [0.717, 1.165) is 24.6 Å². The molecule has 1 saturated carbocycles. The molecule has 0 unspecified atom stereocenters. The van der Waals surface area contributed by atoms with Crippen LogP contribution in [0, 0.1) is 12.8 Å². The lowest BCUT2D eigenvalue weighted by Gasteiger charge is -2.10. The van der Waals surface area contributed by atoms with E-state index in [2.05, 4.69) is 10.4 Å². The zero-order chi connectivity index (χ0) is 13.8. The van der Waals surface area contributed by atoms with Crippen LogP contribution < -0.4 is 11.1 Å². The van der Waals surface area contributed by atoms with Gasteiger partial charge in [-0.25, -0.2) is 0 Å². The van der Waals surface area contributed by atoms with Gasteiger partial charge >= 0.3 is 0 Å². The highest BCUT2D eigenvalue weighted by Crippen LogP contribution is 2.27. The largest absolute Gasteiger partial charge is 0.395 e. The van der Waals surface area contributed by atoms with Gasteiger partial charge in [0.2, 0.25) is 0 Å². The van der Waals surface area contributed by atoms with Crippen LogP contribution in [0.3, 0.4) is 0 Å². The molecule has 106 valence electrons. The summed E-state index contributed by atoms with van der Waals surface area (Å²) >= 11 is 0. The maximum atomic E-state index is 12.2. The van der Waals surface area contributed by atoms with Gasteiger partial charge in [-0.2, -0.15) is 5.10 Å². The summed E-state index contributed by atoms with van der Waals surface area (Å²) < 4.78 is 1.68. The highest BCUT2D eigenvalue weighted by Gasteiger charge is 2.19. The van der Waals surface area contributed by atoms with E-state index in [1.165, 1.54) is 25.7 Å². The molecule has 0 saturated heterocycles. The lowest BCUT2D eigenvalue weighted by atomic mass is 10.0. The number of nitrogens with one attached hydrogen (secondary N) is 1. The SMILES string of the molecule is CCn1nc(C)c(N)c1C(=O)NCCC1CCCC1. The molecule has 1 amide bonds. The van der Waals surface area contributed by atoms with Crippen molar-refractivity contribution in [3.05, 3.63) is 11.4 Å². The summed E-state index contributed by atoms with van der Waals surface area (Å²) in [6.07, 6.45) is 6.37. The maximum absolute atomic E-state index is 12.2. The predicted molar refractivity (Wildman–Crippen MR) is 76.0 cm³/mol. The first kappa shape index (κ1) is 13.9. The molecule has 1 heterocycles. The normalized spacial score (nSPS) is 15.9. The van der Waals surface area contributed by atoms with Crippen LogP contribution in [0.2, 0.25) is 0 Å². The lowest BCUT2D eigenvalue weighted by molar-refractivity contribution is 0.0941. The number of nitrogens with zero attached hydrogens (tertiary/aromatic N) is 2. The smallest absolute Gasteiger partial charge is 0.271 e. The number of aryl methyl sites for hydroxylation is 2. The molecule has 1 aliphatic rings. The summed E-state index contributed by atoms with van der Waals surface area (Å²) in [4.78, 5) is 12.2. The molecule has 5 nitrogen and oxygen atoms in total. The van der Waals surface area contributed by atoms with Gasteiger partial charge in [0.25, 0.3) is 5.91 Å². The molecule has 19 heavy (non-hydrogen) atoms. The molecule has 3 N–H and O–H groups in total. The van der Waals surface area contributed by atoms with Gasteiger partial charge in [-0.15, -0.1) is 0 Å². The van der Waals surface area contributed by atoms with Gasteiger partial charge in [0.1, 0.15) is 5.69 Å². The minimum absolute atomic E-state index is 0.0991. The van der Waals surface area contributed by atoms with Crippen LogP contribution in [-0.4, -0.2) is 22.2 Å². The van der Waals surface area contributed by atoms with E-state index in [1.54, 1.807) is 4.68 Å². The second-order valence-electron chi connectivity index (χ2n) is 5.36. The van der Waals surface area contributed by atoms with Gasteiger partial charge in [-0.3, -0.25) is 9.48 Å². The van der Waals surface area contributed by atoms with Gasteiger partial charge in [-0.1, -0.05) is 25.7 Å². The summed E-state index contributed by atoms with van der Waals surface area (Å²) in [7, 11) is 0. The standard InChI is InChI=1S/C14H24N4O/c1-3-18-13(12(15)10(2)17-18)14(19)16-9-8-11-6-4-5-7-11/h11H,3-9,15H2,1-2H3,(H,16,19). The fraction of sp³-hybridized carbons (Fsp3) is 0.714. The first-order chi connectivity index (χ1) is 9.13. The number of carbonyl (C=O) groups excluding carboxylic acids is 1. The van der Waals surface area contributed by atoms with Crippen molar-refractivity contribution >= 4 is 11.6 Å². The quantitative estimate of drug-likeness (QED) is 0.855. The van der Waals surface area contributed by atoms with Crippen molar-refractivity contribution in [3.63, 3.8) is 0 Å². The Bertz CT molecular complexity index is 447. The average Bonchev–Trinajstić information content (AvgIpc) is 2.99. The number of hydrogen-bond donors (Lipinski definition) is 2. The van der Waals surface area contributed by atoms with E-state index < -0.39 is 0 Å². The minimum atomic E-state index is -0.0991. The maximum Gasteiger partial charge on any atom is 0.271 e. The Labute approximate surface area is 114 Å². The fourth-order valence-corrected chi connectivity index (χ4v) is 2.84. The van der Waals surface area contributed by atoms with E-state index >= 15 is 0 Å². The monoisotopic (exact) mass is 264 g/mol. The number of rotatable bonds is 5. The molecule has 1 fully saturated rings. The van der Waals surface area contributed by atoms with Gasteiger partial charge in [0.15, 0.2) is 0 Å². The van der Waals surface area contributed by atoms with Crippen LogP contribution in [0.5, 0.6) is 0 Å². The second-order valence-corrected chi connectivity index (χ2v) is 5.36. The Morgan fingerprint density at radius 2 is 2.16 bits per heavy atom. The van der Waals surface area contributed by atoms with Crippen LogP contribution in [0.25, 0.3) is 0 Å². The summed E-state index contributed by atoms with van der Waals surface area (Å²) in [5.41, 5.74) is 7.66. The van der Waals surface area contributed by atoms with Crippen molar-refractivity contribution in [1.29, 1.82) is 0 Å². The minimum Gasteiger partial charge on any atom is -0.395 e. The first-order valence-electron chi connectivity index (χ1n) is 7.24. The second kappa shape index (κ2) is 6.08. The zero-order valence-corrected chi connectivity index (χ0v) is 11.9. The third kappa shape index (κ3) is 3.08. The summed E-state index contributed by atoms with van der Waals surface area (Å²) in [5, 5.41) is 7.24. The predicted octanol–water partition coefficient (Wildman–Crippen LogP) is 2.10. The molecule has 0 bridgehead atoms. The molecule has 2 rings (SSSR count). The van der Waals surface area contributed by atoms with Crippen LogP contribution in [0.4, 0.5) is 5.69 Å². The van der Waals surface area contributed by atoms with E-state index in [0.29, 0.717) is 17.9 Å². The average molecular weight is 264 g/mol. The summed E-state index contributed by atoms with van der Waals surface area (Å²) in [6.45, 7) is 5.18. The van der Waals surface area contributed by atoms with E-state index in [-0.39, 0.29) is 5.91 Å². The Morgan fingerprint density at radius 3 is 2.79 bits per heavy atom. The Morgan fingerprint density at radius 1 is 1.47 bits per heavy atom. The Kier molecular flexibility index (Phi) is 4.45. The van der Waals surface area contributed by atoms with Crippen molar-refractivity contribution in [2.24, 2.45) is 5.92 Å². The van der Waals surface area contributed by atoms with Gasteiger partial charge < -0.3 is 11.1 Å². The summed E-state index contributed by atoms with van der Waals surface area (Å²) in [5.74, 6) is 0.688. The lowest BCUT2D eigenvalue weighted by Crippen LogP contribution is -2.28. The first-order valence-corrected chi connectivity index (χ1v) is 7.24. The van der Waals surface area contributed by atoms with Crippen molar-refractivity contribution < 1.29 is 4.79 Å². The van der Waals surface area contributed by atoms with Crippen molar-refractivity contribution in [1.82, 2.24) is 15.1 Å². The fourth-order valence-electron chi connectivity index (χ4n) is 2.84. The van der Waals surface area contributed by atoms with Crippen LogP contribution in [0.1, 0.15) is 55.2 Å². The summed E-state index contributed by atoms with van der Waals surface area (Å²) in [6, 6.07) is 0. The molecule has 1 aliphatic carbocycles. The van der Waals surface area contributed by atoms with Crippen molar-refractivity contribution in [2.45, 2.75) is 52.5 Å². The third-order valence-electron chi connectivity index (χ3n) is 4.00. The molecule has 0 atom stereocenters. The number of anilines is 1. The zero-order valence-electron chi connectivity index (χ0n) is 11.9. The van der Waals surface area contributed by atoms with E-state index in [9.17, 15) is 4.79 Å². The molecule has 0 radical (unpaired) electrons. The van der Waals surface area contributed by atoms with E-state index in [1.807, 2.05) is 13.8 Å². The number of hydrogen-bond acceptors (Lipinski definition) is 3. The molecule has 0 aliphatic heterocycles. The third-order valence-corrected chi connectivity index (χ3v) is 4.00. The molecule has 1 aromatic heterocycles. The number of nitrogens with two attached hydrogens (primary N) is 1. The molecular formula is C14H24N4O. The number of nitrogen functional groups attached to an aromatic ring is 1. The van der Waals surface area contributed by atoms with Gasteiger partial charge in [-0.05, 0) is 26.2 Å². The van der Waals surface area contributed by atoms with Gasteiger partial charge in [0.05, 0.1) is 11.4 Å². The number of carbonyl (C=O) groups is 1. The number of amides is 1. The Balaban J connectivity index is 1.92. The van der Waals surface area contributed by atoms with Crippen molar-refractivity contribution in [3.8, 4) is 0 Å². The van der Waals surface area contributed by atoms with Crippen LogP contribution in [-0.2, 0) is 6.54 Å². The highest BCUT2D eigenvalue weighted by atomic mass is 16.2. The van der Waals surface area contributed by atoms with Gasteiger partial charge in [0, 0.05) is 13.1 Å². The molecule has 0 spiro atoms.